The van der Waals surface area contributed by atoms with Crippen LogP contribution >= 0.6 is 15.9 Å². The molecule has 4 nitrogen and oxygen atoms in total. The van der Waals surface area contributed by atoms with Gasteiger partial charge in [0.05, 0.1) is 19.6 Å². The molecule has 5 heteroatoms. The van der Waals surface area contributed by atoms with Gasteiger partial charge < -0.3 is 14.6 Å². The van der Waals surface area contributed by atoms with E-state index in [1.807, 2.05) is 13.0 Å². The van der Waals surface area contributed by atoms with E-state index in [4.69, 9.17) is 9.47 Å². The Morgan fingerprint density at radius 1 is 1.32 bits per heavy atom. The van der Waals surface area contributed by atoms with Crippen LogP contribution in [0.2, 0.25) is 0 Å². The smallest absolute Gasteiger partial charge is 0.309 e. The number of carboxylic acids is 1. The van der Waals surface area contributed by atoms with Gasteiger partial charge in [-0.15, -0.1) is 0 Å². The average Bonchev–Trinajstić information content (AvgIpc) is 2.28. The maximum absolute atomic E-state index is 11.2. The van der Waals surface area contributed by atoms with E-state index in [1.165, 1.54) is 0 Å². The fraction of sp³-hybridized carbons (Fsp3) is 0.500. The van der Waals surface area contributed by atoms with Crippen molar-refractivity contribution < 1.29 is 19.4 Å². The highest BCUT2D eigenvalue weighted by molar-refractivity contribution is 9.10. The monoisotopic (exact) mass is 330 g/mol. The second kappa shape index (κ2) is 5.82. The number of aliphatic carboxylic acids is 1. The predicted molar refractivity (Wildman–Crippen MR) is 77.1 cm³/mol. The Labute approximate surface area is 121 Å². The molecular formula is C14H19BrO4. The number of ether oxygens (including phenoxy) is 2. The van der Waals surface area contributed by atoms with Crippen LogP contribution in [0.25, 0.3) is 0 Å². The van der Waals surface area contributed by atoms with E-state index in [2.05, 4.69) is 15.9 Å². The molecule has 1 aromatic carbocycles. The van der Waals surface area contributed by atoms with Crippen molar-refractivity contribution in [3.63, 3.8) is 0 Å². The highest BCUT2D eigenvalue weighted by atomic mass is 79.9. The lowest BCUT2D eigenvalue weighted by Crippen LogP contribution is -2.26. The molecule has 0 unspecified atom stereocenters. The van der Waals surface area contributed by atoms with Crippen molar-refractivity contribution in [2.24, 2.45) is 5.41 Å². The summed E-state index contributed by atoms with van der Waals surface area (Å²) >= 11 is 3.45. The Bertz CT molecular complexity index is 495. The van der Waals surface area contributed by atoms with Gasteiger partial charge in [0.2, 0.25) is 0 Å². The molecule has 106 valence electrons. The lowest BCUT2D eigenvalue weighted by Gasteiger charge is -2.22. The Morgan fingerprint density at radius 3 is 2.26 bits per heavy atom. The number of rotatable bonds is 5. The van der Waals surface area contributed by atoms with Crippen molar-refractivity contribution in [1.29, 1.82) is 0 Å². The first-order valence-corrected chi connectivity index (χ1v) is 6.67. The molecule has 0 heterocycles. The maximum Gasteiger partial charge on any atom is 0.309 e. The van der Waals surface area contributed by atoms with Crippen LogP contribution in [-0.2, 0) is 11.2 Å². The summed E-state index contributed by atoms with van der Waals surface area (Å²) < 4.78 is 11.4. The van der Waals surface area contributed by atoms with Crippen LogP contribution in [0.1, 0.15) is 25.0 Å². The SMILES string of the molecule is COc1c(C)cc(CC(C)(C)C(=O)O)c(OC)c1Br. The molecule has 0 saturated heterocycles. The highest BCUT2D eigenvalue weighted by Gasteiger charge is 2.30. The van der Waals surface area contributed by atoms with Gasteiger partial charge in [-0.2, -0.15) is 0 Å². The van der Waals surface area contributed by atoms with E-state index in [0.29, 0.717) is 22.4 Å². The maximum atomic E-state index is 11.2. The third-order valence-electron chi connectivity index (χ3n) is 3.06. The zero-order chi connectivity index (χ0) is 14.8. The molecule has 0 fully saturated rings. The molecule has 0 spiro atoms. The highest BCUT2D eigenvalue weighted by Crippen LogP contribution is 2.41. The molecule has 1 aromatic rings. The van der Waals surface area contributed by atoms with Crippen LogP contribution < -0.4 is 9.47 Å². The molecule has 19 heavy (non-hydrogen) atoms. The average molecular weight is 331 g/mol. The summed E-state index contributed by atoms with van der Waals surface area (Å²) in [6.07, 6.45) is 0.384. The first kappa shape index (κ1) is 15.8. The molecule has 0 amide bonds. The normalized spacial score (nSPS) is 11.3. The van der Waals surface area contributed by atoms with Crippen LogP contribution in [0.15, 0.2) is 10.5 Å². The number of carbonyl (C=O) groups is 1. The van der Waals surface area contributed by atoms with Gasteiger partial charge in [-0.3, -0.25) is 4.79 Å². The van der Waals surface area contributed by atoms with Gasteiger partial charge in [0.1, 0.15) is 16.0 Å². The van der Waals surface area contributed by atoms with Gasteiger partial charge >= 0.3 is 5.97 Å². The Kier molecular flexibility index (Phi) is 4.85. The van der Waals surface area contributed by atoms with Gasteiger partial charge in [0.25, 0.3) is 0 Å². The van der Waals surface area contributed by atoms with Gasteiger partial charge in [0, 0.05) is 0 Å². The minimum absolute atomic E-state index is 0.384. The van der Waals surface area contributed by atoms with Crippen LogP contribution in [-0.4, -0.2) is 25.3 Å². The van der Waals surface area contributed by atoms with Crippen molar-refractivity contribution in [1.82, 2.24) is 0 Å². The Hall–Kier alpha value is -1.23. The second-order valence-corrected chi connectivity index (χ2v) is 5.89. The molecule has 1 N–H and O–H groups in total. The Morgan fingerprint density at radius 2 is 1.84 bits per heavy atom. The lowest BCUT2D eigenvalue weighted by molar-refractivity contribution is -0.146. The van der Waals surface area contributed by atoms with Crippen molar-refractivity contribution in [2.75, 3.05) is 14.2 Å². The first-order chi connectivity index (χ1) is 8.74. The van der Waals surface area contributed by atoms with Gasteiger partial charge in [0.15, 0.2) is 0 Å². The molecule has 0 saturated carbocycles. The van der Waals surface area contributed by atoms with Crippen molar-refractivity contribution in [3.05, 3.63) is 21.7 Å². The van der Waals surface area contributed by atoms with E-state index in [0.717, 1.165) is 11.1 Å². The van der Waals surface area contributed by atoms with Gasteiger partial charge in [-0.05, 0) is 60.3 Å². The van der Waals surface area contributed by atoms with Crippen molar-refractivity contribution in [3.8, 4) is 11.5 Å². The molecule has 1 rings (SSSR count). The number of aryl methyl sites for hydroxylation is 1. The van der Waals surface area contributed by atoms with Crippen molar-refractivity contribution >= 4 is 21.9 Å². The minimum Gasteiger partial charge on any atom is -0.495 e. The van der Waals surface area contributed by atoms with E-state index in [-0.39, 0.29) is 0 Å². The summed E-state index contributed by atoms with van der Waals surface area (Å²) in [5, 5.41) is 9.23. The molecule has 0 aromatic heterocycles. The Balaban J connectivity index is 3.33. The number of benzene rings is 1. The van der Waals surface area contributed by atoms with E-state index < -0.39 is 11.4 Å². The standard InChI is InChI=1S/C14H19BrO4/c1-8-6-9(7-14(2,3)13(16)17)12(19-5)10(15)11(8)18-4/h6H,7H2,1-5H3,(H,16,17). The van der Waals surface area contributed by atoms with E-state index >= 15 is 0 Å². The summed E-state index contributed by atoms with van der Waals surface area (Å²) in [4.78, 5) is 11.2. The zero-order valence-corrected chi connectivity index (χ0v) is 13.4. The second-order valence-electron chi connectivity index (χ2n) is 5.10. The third kappa shape index (κ3) is 3.21. The largest absolute Gasteiger partial charge is 0.495 e. The molecule has 0 aliphatic heterocycles. The van der Waals surface area contributed by atoms with Gasteiger partial charge in [-0.25, -0.2) is 0 Å². The van der Waals surface area contributed by atoms with Crippen LogP contribution in [0, 0.1) is 12.3 Å². The number of carboxylic acid groups (broad SMARTS) is 1. The van der Waals surface area contributed by atoms with E-state index in [9.17, 15) is 9.90 Å². The topological polar surface area (TPSA) is 55.8 Å². The number of hydrogen-bond donors (Lipinski definition) is 1. The molecule has 0 bridgehead atoms. The number of halogens is 1. The summed E-state index contributed by atoms with van der Waals surface area (Å²) in [5.41, 5.74) is 0.930. The molecule has 0 aliphatic carbocycles. The summed E-state index contributed by atoms with van der Waals surface area (Å²) in [7, 11) is 3.15. The summed E-state index contributed by atoms with van der Waals surface area (Å²) in [6.45, 7) is 5.31. The van der Waals surface area contributed by atoms with Crippen molar-refractivity contribution in [2.45, 2.75) is 27.2 Å². The lowest BCUT2D eigenvalue weighted by atomic mass is 9.85. The van der Waals surface area contributed by atoms with E-state index in [1.54, 1.807) is 28.1 Å². The summed E-state index contributed by atoms with van der Waals surface area (Å²) in [6, 6.07) is 1.91. The molecule has 0 atom stereocenters. The third-order valence-corrected chi connectivity index (χ3v) is 3.78. The number of methoxy groups -OCH3 is 2. The fourth-order valence-electron chi connectivity index (χ4n) is 1.96. The first-order valence-electron chi connectivity index (χ1n) is 5.88. The van der Waals surface area contributed by atoms with Crippen LogP contribution in [0.4, 0.5) is 0 Å². The van der Waals surface area contributed by atoms with Gasteiger partial charge in [-0.1, -0.05) is 0 Å². The van der Waals surface area contributed by atoms with Crippen LogP contribution in [0.5, 0.6) is 11.5 Å². The minimum atomic E-state index is -0.853. The zero-order valence-electron chi connectivity index (χ0n) is 11.8. The quantitative estimate of drug-likeness (QED) is 0.898. The fourth-order valence-corrected chi connectivity index (χ4v) is 2.86. The molecule has 0 aliphatic rings. The van der Waals surface area contributed by atoms with Crippen LogP contribution in [0.3, 0.4) is 0 Å². The predicted octanol–water partition coefficient (Wildman–Crippen LogP) is 3.43. The number of hydrogen-bond acceptors (Lipinski definition) is 3. The molecule has 0 radical (unpaired) electrons. The molecular weight excluding hydrogens is 312 g/mol. The summed E-state index contributed by atoms with van der Waals surface area (Å²) in [5.74, 6) is 0.490.